The summed E-state index contributed by atoms with van der Waals surface area (Å²) in [4.78, 5) is 47.2. The number of pyridine rings is 1. The van der Waals surface area contributed by atoms with Crippen LogP contribution in [0.25, 0.3) is 16.5 Å². The zero-order valence-electron chi connectivity index (χ0n) is 27.2. The maximum absolute atomic E-state index is 14.4. The van der Waals surface area contributed by atoms with Crippen LogP contribution in [0, 0.1) is 17.8 Å². The van der Waals surface area contributed by atoms with Gasteiger partial charge in [-0.2, -0.15) is 0 Å². The van der Waals surface area contributed by atoms with E-state index in [1.165, 1.54) is 19.2 Å². The normalized spacial score (nSPS) is 23.0. The highest BCUT2D eigenvalue weighted by atomic mass is 19.1. The van der Waals surface area contributed by atoms with Gasteiger partial charge in [0.2, 0.25) is 5.91 Å². The molecule has 9 nitrogen and oxygen atoms in total. The molecule has 4 rings (SSSR count). The third-order valence-electron chi connectivity index (χ3n) is 8.22. The second kappa shape index (κ2) is 14.0. The topological polar surface area (TPSA) is 130 Å². The molecule has 2 amide bonds. The standard InChI is InChI=1S/C35H45FN4O5/c1-19(2)30(40-34(44)45-35(5,6)7)33(43)39-25-11-8-22(9-12-25)17-38-31-26-15-23(24-14-20(3)32(42)28(36)16-24)10-13-29(26)37-18-27(31)21(4)41/h10,13-20,22,25,30,32,42H,8-9,11-12H2,1-7H3,(H,39,43)(H,40,44). The SMILES string of the molecule is CC(=O)c1cnc2ccc(C3=CC(C)C(O)C(F)=C3)cc2c1N=CC1CCC(NC(=O)C(NC(=O)OC(C)(C)C)C(C)C)CC1. The van der Waals surface area contributed by atoms with Crippen LogP contribution >= 0.6 is 0 Å². The van der Waals surface area contributed by atoms with E-state index in [0.29, 0.717) is 27.7 Å². The fraction of sp³-hybridized carbons (Fsp3) is 0.514. The lowest BCUT2D eigenvalue weighted by atomic mass is 9.86. The van der Waals surface area contributed by atoms with Crippen LogP contribution in [-0.4, -0.2) is 57.9 Å². The zero-order chi connectivity index (χ0) is 33.1. The third-order valence-corrected chi connectivity index (χ3v) is 8.22. The molecule has 242 valence electrons. The van der Waals surface area contributed by atoms with Gasteiger partial charge in [0.1, 0.15) is 23.6 Å². The molecule has 0 spiro atoms. The van der Waals surface area contributed by atoms with Crippen molar-refractivity contribution in [2.75, 3.05) is 0 Å². The van der Waals surface area contributed by atoms with Gasteiger partial charge < -0.3 is 20.5 Å². The lowest BCUT2D eigenvalue weighted by molar-refractivity contribution is -0.125. The molecular weight excluding hydrogens is 575 g/mol. The second-order valence-corrected chi connectivity index (χ2v) is 13.5. The Balaban J connectivity index is 1.47. The number of alkyl carbamates (subject to hydrolysis) is 1. The molecule has 10 heteroatoms. The number of allylic oxidation sites excluding steroid dienone is 2. The molecule has 1 aromatic carbocycles. The van der Waals surface area contributed by atoms with Crippen molar-refractivity contribution < 1.29 is 28.6 Å². The molecule has 1 heterocycles. The van der Waals surface area contributed by atoms with Crippen LogP contribution < -0.4 is 10.6 Å². The number of benzene rings is 1. The van der Waals surface area contributed by atoms with Crippen LogP contribution in [0.4, 0.5) is 14.9 Å². The van der Waals surface area contributed by atoms with E-state index in [1.807, 2.05) is 44.3 Å². The molecule has 1 fully saturated rings. The van der Waals surface area contributed by atoms with Crippen molar-refractivity contribution in [2.24, 2.45) is 22.7 Å². The molecular formula is C35H45FN4O5. The van der Waals surface area contributed by atoms with E-state index in [4.69, 9.17) is 9.73 Å². The molecule has 0 saturated heterocycles. The van der Waals surface area contributed by atoms with Crippen LogP contribution in [-0.2, 0) is 9.53 Å². The fourth-order valence-corrected chi connectivity index (χ4v) is 5.70. The number of amides is 2. The molecule has 0 radical (unpaired) electrons. The molecule has 0 aliphatic heterocycles. The summed E-state index contributed by atoms with van der Waals surface area (Å²) in [5, 5.41) is 16.5. The number of aromatic nitrogens is 1. The van der Waals surface area contributed by atoms with Gasteiger partial charge in [0.05, 0.1) is 16.8 Å². The number of halogens is 1. The molecule has 2 aliphatic carbocycles. The molecule has 3 N–H and O–H groups in total. The van der Waals surface area contributed by atoms with Crippen LogP contribution in [0.5, 0.6) is 0 Å². The molecule has 0 bridgehead atoms. The number of carbonyl (C=O) groups is 3. The number of aliphatic hydroxyl groups excluding tert-OH is 1. The highest BCUT2D eigenvalue weighted by molar-refractivity contribution is 6.07. The van der Waals surface area contributed by atoms with Crippen LogP contribution in [0.2, 0.25) is 0 Å². The molecule has 3 unspecified atom stereocenters. The quantitative estimate of drug-likeness (QED) is 0.225. The van der Waals surface area contributed by atoms with E-state index in [-0.39, 0.29) is 35.5 Å². The predicted octanol–water partition coefficient (Wildman–Crippen LogP) is 6.61. The van der Waals surface area contributed by atoms with Crippen molar-refractivity contribution in [3.63, 3.8) is 0 Å². The Kier molecular flexibility index (Phi) is 10.6. The number of aliphatic hydroxyl groups is 1. The van der Waals surface area contributed by atoms with Crippen LogP contribution in [0.3, 0.4) is 0 Å². The van der Waals surface area contributed by atoms with Gasteiger partial charge in [-0.05, 0) is 94.6 Å². The first kappa shape index (κ1) is 34.0. The number of nitrogens with zero attached hydrogens (tertiary/aromatic N) is 2. The maximum Gasteiger partial charge on any atom is 0.408 e. The molecule has 1 saturated carbocycles. The van der Waals surface area contributed by atoms with Gasteiger partial charge in [0, 0.05) is 29.8 Å². The smallest absolute Gasteiger partial charge is 0.408 e. The summed E-state index contributed by atoms with van der Waals surface area (Å²) in [5.41, 5.74) is 2.31. The summed E-state index contributed by atoms with van der Waals surface area (Å²) in [7, 11) is 0. The van der Waals surface area contributed by atoms with Gasteiger partial charge in [-0.25, -0.2) is 9.18 Å². The van der Waals surface area contributed by atoms with Gasteiger partial charge in [-0.15, -0.1) is 0 Å². The maximum atomic E-state index is 14.4. The summed E-state index contributed by atoms with van der Waals surface area (Å²) >= 11 is 0. The first-order valence-electron chi connectivity index (χ1n) is 15.7. The highest BCUT2D eigenvalue weighted by Gasteiger charge is 2.30. The Bertz CT molecular complexity index is 1530. The summed E-state index contributed by atoms with van der Waals surface area (Å²) in [6.07, 6.45) is 7.89. The number of Topliss-reactive ketones (excluding diaryl/α,β-unsaturated/α-hetero) is 1. The number of fused-ring (bicyclic) bond motifs is 1. The van der Waals surface area contributed by atoms with Crippen LogP contribution in [0.15, 0.2) is 47.4 Å². The lowest BCUT2D eigenvalue weighted by Gasteiger charge is -2.30. The van der Waals surface area contributed by atoms with Crippen molar-refractivity contribution in [3.05, 3.63) is 53.5 Å². The summed E-state index contributed by atoms with van der Waals surface area (Å²) in [5.74, 6) is -1.33. The van der Waals surface area contributed by atoms with Gasteiger partial charge in [-0.1, -0.05) is 32.9 Å². The largest absolute Gasteiger partial charge is 0.444 e. The minimum absolute atomic E-state index is 0.0286. The molecule has 45 heavy (non-hydrogen) atoms. The van der Waals surface area contributed by atoms with E-state index in [1.54, 1.807) is 27.7 Å². The minimum Gasteiger partial charge on any atom is -0.444 e. The molecule has 3 atom stereocenters. The number of ether oxygens (including phenoxy) is 1. The van der Waals surface area contributed by atoms with Crippen molar-refractivity contribution in [2.45, 2.75) is 97.9 Å². The predicted molar refractivity (Wildman–Crippen MR) is 174 cm³/mol. The monoisotopic (exact) mass is 620 g/mol. The summed E-state index contributed by atoms with van der Waals surface area (Å²) in [6.45, 7) is 12.3. The van der Waals surface area contributed by atoms with Crippen LogP contribution in [0.1, 0.15) is 90.1 Å². The Hall–Kier alpha value is -3.92. The number of rotatable bonds is 8. The van der Waals surface area contributed by atoms with E-state index in [0.717, 1.165) is 31.2 Å². The lowest BCUT2D eigenvalue weighted by Crippen LogP contribution is -2.53. The van der Waals surface area contributed by atoms with Crippen molar-refractivity contribution in [1.82, 2.24) is 15.6 Å². The first-order valence-corrected chi connectivity index (χ1v) is 15.7. The van der Waals surface area contributed by atoms with Gasteiger partial charge in [-0.3, -0.25) is 19.6 Å². The van der Waals surface area contributed by atoms with Gasteiger partial charge in [0.25, 0.3) is 0 Å². The minimum atomic E-state index is -1.16. The Labute approximate surface area is 264 Å². The molecule has 2 aromatic rings. The van der Waals surface area contributed by atoms with Gasteiger partial charge >= 0.3 is 6.09 Å². The Morgan fingerprint density at radius 2 is 1.84 bits per heavy atom. The summed E-state index contributed by atoms with van der Waals surface area (Å²) in [6, 6.07) is 4.80. The molecule has 1 aromatic heterocycles. The third kappa shape index (κ3) is 8.63. The second-order valence-electron chi connectivity index (χ2n) is 13.5. The highest BCUT2D eigenvalue weighted by Crippen LogP contribution is 2.35. The first-order chi connectivity index (χ1) is 21.1. The molecule has 2 aliphatic rings. The average molecular weight is 621 g/mol. The van der Waals surface area contributed by atoms with Crippen molar-refractivity contribution in [1.29, 1.82) is 0 Å². The number of hydrogen-bond donors (Lipinski definition) is 3. The van der Waals surface area contributed by atoms with E-state index in [9.17, 15) is 23.9 Å². The number of nitrogens with one attached hydrogen (secondary N) is 2. The Morgan fingerprint density at radius 1 is 1.16 bits per heavy atom. The fourth-order valence-electron chi connectivity index (χ4n) is 5.70. The zero-order valence-corrected chi connectivity index (χ0v) is 27.2. The van der Waals surface area contributed by atoms with E-state index in [2.05, 4.69) is 15.6 Å². The van der Waals surface area contributed by atoms with Crippen molar-refractivity contribution in [3.8, 4) is 0 Å². The van der Waals surface area contributed by atoms with Crippen molar-refractivity contribution >= 4 is 46.2 Å². The van der Waals surface area contributed by atoms with E-state index < -0.39 is 29.7 Å². The van der Waals surface area contributed by atoms with Gasteiger partial charge in [0.15, 0.2) is 5.78 Å². The summed E-state index contributed by atoms with van der Waals surface area (Å²) < 4.78 is 19.7. The number of aliphatic imine (C=N–C) groups is 1. The average Bonchev–Trinajstić information content (AvgIpc) is 2.96. The number of ketones is 1. The number of hydrogen-bond acceptors (Lipinski definition) is 7. The number of carbonyl (C=O) groups excluding carboxylic acids is 3. The Morgan fingerprint density at radius 3 is 2.44 bits per heavy atom. The van der Waals surface area contributed by atoms with E-state index >= 15 is 0 Å².